The number of nitrogens with one attached hydrogen (secondary N) is 1. The summed E-state index contributed by atoms with van der Waals surface area (Å²) in [5, 5.41) is 3.31. The van der Waals surface area contributed by atoms with Crippen LogP contribution >= 0.6 is 11.6 Å². The topological polar surface area (TPSA) is 47.6 Å². The lowest BCUT2D eigenvalue weighted by Gasteiger charge is -2.24. The van der Waals surface area contributed by atoms with E-state index in [4.69, 9.17) is 21.1 Å². The fraction of sp³-hybridized carbons (Fsp3) is 0.417. The quantitative estimate of drug-likeness (QED) is 0.882. The van der Waals surface area contributed by atoms with Crippen LogP contribution in [-0.2, 0) is 4.79 Å². The zero-order chi connectivity index (χ0) is 11.8. The number of halogens is 1. The Kier molecular flexibility index (Phi) is 2.59. The highest BCUT2D eigenvalue weighted by Gasteiger charge is 2.26. The molecule has 1 heterocycles. The van der Waals surface area contributed by atoms with E-state index >= 15 is 0 Å². The van der Waals surface area contributed by atoms with Crippen molar-refractivity contribution in [2.75, 3.05) is 12.1 Å². The third-order valence-corrected chi connectivity index (χ3v) is 3.51. The van der Waals surface area contributed by atoms with Crippen LogP contribution in [0, 0.1) is 5.92 Å². The Morgan fingerprint density at radius 3 is 2.65 bits per heavy atom. The molecular formula is C12H12ClNO3. The van der Waals surface area contributed by atoms with Crippen LogP contribution in [0.2, 0.25) is 5.02 Å². The summed E-state index contributed by atoms with van der Waals surface area (Å²) < 4.78 is 10.4. The minimum absolute atomic E-state index is 0.0389. The van der Waals surface area contributed by atoms with Crippen LogP contribution in [0.5, 0.6) is 11.5 Å². The van der Waals surface area contributed by atoms with E-state index in [0.29, 0.717) is 22.2 Å². The van der Waals surface area contributed by atoms with Crippen molar-refractivity contribution in [3.05, 3.63) is 17.2 Å². The molecule has 3 rings (SSSR count). The van der Waals surface area contributed by atoms with Gasteiger partial charge in [0.1, 0.15) is 0 Å². The Morgan fingerprint density at radius 2 is 2.00 bits per heavy atom. The summed E-state index contributed by atoms with van der Waals surface area (Å²) in [6.45, 7) is 0.200. The Balaban J connectivity index is 1.80. The van der Waals surface area contributed by atoms with Gasteiger partial charge in [0.25, 0.3) is 0 Å². The van der Waals surface area contributed by atoms with Gasteiger partial charge in [-0.15, -0.1) is 0 Å². The molecule has 0 saturated heterocycles. The zero-order valence-corrected chi connectivity index (χ0v) is 9.92. The van der Waals surface area contributed by atoms with Crippen molar-refractivity contribution in [2.24, 2.45) is 5.92 Å². The highest BCUT2D eigenvalue weighted by atomic mass is 35.5. The van der Waals surface area contributed by atoms with Crippen LogP contribution in [0.4, 0.5) is 5.69 Å². The molecule has 1 aromatic carbocycles. The summed E-state index contributed by atoms with van der Waals surface area (Å²) in [6.07, 6.45) is 3.06. The number of fused-ring (bicyclic) bond motifs is 1. The number of rotatable bonds is 2. The highest BCUT2D eigenvalue weighted by molar-refractivity contribution is 6.34. The second-order valence-electron chi connectivity index (χ2n) is 4.30. The van der Waals surface area contributed by atoms with Gasteiger partial charge in [0, 0.05) is 18.1 Å². The van der Waals surface area contributed by atoms with Crippen LogP contribution in [-0.4, -0.2) is 12.7 Å². The van der Waals surface area contributed by atoms with Crippen molar-refractivity contribution < 1.29 is 14.3 Å². The molecular weight excluding hydrogens is 242 g/mol. The molecule has 4 nitrogen and oxygen atoms in total. The number of ether oxygens (including phenoxy) is 2. The summed E-state index contributed by atoms with van der Waals surface area (Å²) in [7, 11) is 0. The summed E-state index contributed by atoms with van der Waals surface area (Å²) in [5.74, 6) is 1.42. The largest absolute Gasteiger partial charge is 0.454 e. The average Bonchev–Trinajstić information content (AvgIpc) is 2.62. The van der Waals surface area contributed by atoms with Crippen LogP contribution in [0.1, 0.15) is 19.3 Å². The summed E-state index contributed by atoms with van der Waals surface area (Å²) >= 11 is 6.07. The van der Waals surface area contributed by atoms with Crippen molar-refractivity contribution in [3.63, 3.8) is 0 Å². The molecule has 0 radical (unpaired) electrons. The fourth-order valence-electron chi connectivity index (χ4n) is 1.92. The van der Waals surface area contributed by atoms with Crippen molar-refractivity contribution in [2.45, 2.75) is 19.3 Å². The molecule has 17 heavy (non-hydrogen) atoms. The molecule has 1 amide bonds. The smallest absolute Gasteiger partial charge is 0.231 e. The summed E-state index contributed by atoms with van der Waals surface area (Å²) in [4.78, 5) is 11.8. The Labute approximate surface area is 104 Å². The third-order valence-electron chi connectivity index (χ3n) is 3.20. The van der Waals surface area contributed by atoms with E-state index in [1.807, 2.05) is 0 Å². The molecule has 90 valence electrons. The van der Waals surface area contributed by atoms with Crippen molar-refractivity contribution in [1.82, 2.24) is 0 Å². The molecule has 0 atom stereocenters. The van der Waals surface area contributed by atoms with Gasteiger partial charge in [-0.05, 0) is 12.8 Å². The predicted molar refractivity (Wildman–Crippen MR) is 63.5 cm³/mol. The molecule has 0 spiro atoms. The first kappa shape index (κ1) is 10.7. The standard InChI is InChI=1S/C12H12ClNO3/c13-8-4-10-11(17-6-16-10)5-9(8)14-12(15)7-2-1-3-7/h4-5,7H,1-3,6H2,(H,14,15). The lowest BCUT2D eigenvalue weighted by Crippen LogP contribution is -2.28. The summed E-state index contributed by atoms with van der Waals surface area (Å²) in [5.41, 5.74) is 0.591. The molecule has 0 aromatic heterocycles. The Hall–Kier alpha value is -1.42. The number of amides is 1. The van der Waals surface area contributed by atoms with E-state index in [1.54, 1.807) is 12.1 Å². The Morgan fingerprint density at radius 1 is 1.29 bits per heavy atom. The van der Waals surface area contributed by atoms with Crippen LogP contribution in [0.25, 0.3) is 0 Å². The number of carbonyl (C=O) groups is 1. The molecule has 1 aliphatic carbocycles. The lowest BCUT2D eigenvalue weighted by atomic mass is 9.85. The van der Waals surface area contributed by atoms with Gasteiger partial charge in [-0.25, -0.2) is 0 Å². The average molecular weight is 254 g/mol. The van der Waals surface area contributed by atoms with Crippen LogP contribution in [0.3, 0.4) is 0 Å². The maximum Gasteiger partial charge on any atom is 0.231 e. The number of benzene rings is 1. The van der Waals surface area contributed by atoms with Gasteiger partial charge in [-0.2, -0.15) is 0 Å². The number of carbonyl (C=O) groups excluding carboxylic acids is 1. The van der Waals surface area contributed by atoms with Gasteiger partial charge in [0.15, 0.2) is 11.5 Å². The van der Waals surface area contributed by atoms with E-state index in [9.17, 15) is 4.79 Å². The molecule has 5 heteroatoms. The summed E-state index contributed by atoms with van der Waals surface area (Å²) in [6, 6.07) is 3.38. The second-order valence-corrected chi connectivity index (χ2v) is 4.71. The number of hydrogen-bond acceptors (Lipinski definition) is 3. The molecule has 1 aromatic rings. The number of hydrogen-bond donors (Lipinski definition) is 1. The minimum atomic E-state index is 0.0389. The molecule has 1 N–H and O–H groups in total. The monoisotopic (exact) mass is 253 g/mol. The molecule has 1 aliphatic heterocycles. The van der Waals surface area contributed by atoms with E-state index < -0.39 is 0 Å². The first-order chi connectivity index (χ1) is 8.24. The maximum absolute atomic E-state index is 11.8. The van der Waals surface area contributed by atoms with E-state index in [-0.39, 0.29) is 18.6 Å². The van der Waals surface area contributed by atoms with Gasteiger partial charge in [-0.3, -0.25) is 4.79 Å². The predicted octanol–water partition coefficient (Wildman–Crippen LogP) is 2.81. The molecule has 1 fully saturated rings. The molecule has 0 unspecified atom stereocenters. The van der Waals surface area contributed by atoms with E-state index in [2.05, 4.69) is 5.32 Å². The van der Waals surface area contributed by atoms with Gasteiger partial charge >= 0.3 is 0 Å². The van der Waals surface area contributed by atoms with Gasteiger partial charge < -0.3 is 14.8 Å². The minimum Gasteiger partial charge on any atom is -0.454 e. The van der Waals surface area contributed by atoms with Gasteiger partial charge in [-0.1, -0.05) is 18.0 Å². The third kappa shape index (κ3) is 1.93. The first-order valence-electron chi connectivity index (χ1n) is 5.64. The van der Waals surface area contributed by atoms with Crippen LogP contribution in [0.15, 0.2) is 12.1 Å². The van der Waals surface area contributed by atoms with E-state index in [0.717, 1.165) is 19.3 Å². The van der Waals surface area contributed by atoms with Gasteiger partial charge in [0.2, 0.25) is 12.7 Å². The number of anilines is 1. The molecule has 0 bridgehead atoms. The van der Waals surface area contributed by atoms with Crippen molar-refractivity contribution in [1.29, 1.82) is 0 Å². The van der Waals surface area contributed by atoms with Crippen molar-refractivity contribution >= 4 is 23.2 Å². The second kappa shape index (κ2) is 4.11. The van der Waals surface area contributed by atoms with Gasteiger partial charge in [0.05, 0.1) is 10.7 Å². The molecule has 2 aliphatic rings. The van der Waals surface area contributed by atoms with Crippen LogP contribution < -0.4 is 14.8 Å². The highest BCUT2D eigenvalue weighted by Crippen LogP contribution is 2.39. The fourth-order valence-corrected chi connectivity index (χ4v) is 2.12. The maximum atomic E-state index is 11.8. The van der Waals surface area contributed by atoms with Crippen molar-refractivity contribution in [3.8, 4) is 11.5 Å². The zero-order valence-electron chi connectivity index (χ0n) is 9.16. The lowest BCUT2D eigenvalue weighted by molar-refractivity contribution is -0.122. The Bertz CT molecular complexity index is 471. The normalized spacial score (nSPS) is 17.7. The molecule has 1 saturated carbocycles. The first-order valence-corrected chi connectivity index (χ1v) is 6.02. The SMILES string of the molecule is O=C(Nc1cc2c(cc1Cl)OCO2)C1CCC1. The van der Waals surface area contributed by atoms with E-state index in [1.165, 1.54) is 0 Å².